The van der Waals surface area contributed by atoms with Crippen molar-refractivity contribution in [1.29, 1.82) is 0 Å². The van der Waals surface area contributed by atoms with E-state index in [1.54, 1.807) is 34.0 Å². The molecular weight excluding hydrogens is 328 g/mol. The predicted molar refractivity (Wildman–Crippen MR) is 103 cm³/mol. The van der Waals surface area contributed by atoms with Crippen molar-refractivity contribution in [2.24, 2.45) is 5.41 Å². The summed E-state index contributed by atoms with van der Waals surface area (Å²) in [6.07, 6.45) is 1.74. The molecule has 0 atom stereocenters. The third kappa shape index (κ3) is 5.31. The Kier molecular flexibility index (Phi) is 6.34. The lowest BCUT2D eigenvalue weighted by Gasteiger charge is -2.16. The van der Waals surface area contributed by atoms with Gasteiger partial charge in [0, 0.05) is 5.41 Å². The quantitative estimate of drug-likeness (QED) is 0.439. The molecule has 4 heteroatoms. The highest BCUT2D eigenvalue weighted by atomic mass is 16.5. The zero-order chi connectivity index (χ0) is 19.2. The molecule has 26 heavy (non-hydrogen) atoms. The Morgan fingerprint density at radius 1 is 1.00 bits per heavy atom. The van der Waals surface area contributed by atoms with Gasteiger partial charge in [-0.25, -0.2) is 4.79 Å². The van der Waals surface area contributed by atoms with Crippen LogP contribution in [0, 0.1) is 5.41 Å². The topological polar surface area (TPSA) is 52.6 Å². The number of rotatable bonds is 6. The Morgan fingerprint density at radius 3 is 2.31 bits per heavy atom. The summed E-state index contributed by atoms with van der Waals surface area (Å²) in [6.45, 7) is 5.15. The number of hydrogen-bond acceptors (Lipinski definition) is 4. The second kappa shape index (κ2) is 8.48. The van der Waals surface area contributed by atoms with Crippen LogP contribution in [0.5, 0.6) is 5.75 Å². The van der Waals surface area contributed by atoms with Crippen molar-refractivity contribution in [3.8, 4) is 5.75 Å². The van der Waals surface area contributed by atoms with Gasteiger partial charge in [-0.3, -0.25) is 4.79 Å². The van der Waals surface area contributed by atoms with E-state index in [1.165, 1.54) is 0 Å². The van der Waals surface area contributed by atoms with Crippen molar-refractivity contribution in [3.05, 3.63) is 65.7 Å². The summed E-state index contributed by atoms with van der Waals surface area (Å²) in [5.41, 5.74) is 1.37. The zero-order valence-electron chi connectivity index (χ0n) is 15.6. The van der Waals surface area contributed by atoms with Crippen LogP contribution in [0.4, 0.5) is 0 Å². The molecule has 0 heterocycles. The summed E-state index contributed by atoms with van der Waals surface area (Å²) < 4.78 is 10.5. The predicted octanol–water partition coefficient (Wildman–Crippen LogP) is 4.39. The van der Waals surface area contributed by atoms with E-state index in [0.717, 1.165) is 11.1 Å². The standard InChI is InChI=1S/C22H24O4/c1-22(2,3)20(23)15-26-21(24)19(17-10-6-5-7-11-17)14-16-9-8-12-18(13-16)25-4/h5-14H,15H2,1-4H3/b19-14+. The van der Waals surface area contributed by atoms with Crippen molar-refractivity contribution in [2.75, 3.05) is 13.7 Å². The minimum atomic E-state index is -0.552. The molecule has 0 radical (unpaired) electrons. The average Bonchev–Trinajstić information content (AvgIpc) is 2.64. The van der Waals surface area contributed by atoms with E-state index in [9.17, 15) is 9.59 Å². The number of methoxy groups -OCH3 is 1. The Balaban J connectivity index is 2.31. The molecule has 0 aliphatic heterocycles. The van der Waals surface area contributed by atoms with Gasteiger partial charge in [0.15, 0.2) is 12.4 Å². The molecule has 0 aliphatic rings. The molecule has 0 saturated carbocycles. The molecule has 0 saturated heterocycles. The number of carbonyl (C=O) groups is 2. The Bertz CT molecular complexity index is 798. The van der Waals surface area contributed by atoms with Crippen molar-refractivity contribution < 1.29 is 19.1 Å². The smallest absolute Gasteiger partial charge is 0.339 e. The number of ether oxygens (including phenoxy) is 2. The van der Waals surface area contributed by atoms with Gasteiger partial charge in [-0.1, -0.05) is 63.2 Å². The van der Waals surface area contributed by atoms with Gasteiger partial charge in [0.05, 0.1) is 12.7 Å². The SMILES string of the molecule is COc1cccc(/C=C(/C(=O)OCC(=O)C(C)(C)C)c2ccccc2)c1. The van der Waals surface area contributed by atoms with E-state index >= 15 is 0 Å². The van der Waals surface area contributed by atoms with Crippen LogP contribution in [0.3, 0.4) is 0 Å². The first-order chi connectivity index (χ1) is 12.3. The highest BCUT2D eigenvalue weighted by molar-refractivity contribution is 6.21. The first-order valence-corrected chi connectivity index (χ1v) is 8.43. The number of benzene rings is 2. The molecule has 0 N–H and O–H groups in total. The van der Waals surface area contributed by atoms with E-state index in [-0.39, 0.29) is 12.4 Å². The number of hydrogen-bond donors (Lipinski definition) is 0. The summed E-state index contributed by atoms with van der Waals surface area (Å²) in [6, 6.07) is 16.6. The van der Waals surface area contributed by atoms with Gasteiger partial charge in [-0.2, -0.15) is 0 Å². The third-order valence-corrected chi connectivity index (χ3v) is 3.88. The molecule has 0 unspecified atom stereocenters. The van der Waals surface area contributed by atoms with Crippen molar-refractivity contribution in [2.45, 2.75) is 20.8 Å². The first-order valence-electron chi connectivity index (χ1n) is 8.43. The Labute approximate surface area is 154 Å². The maximum atomic E-state index is 12.7. The van der Waals surface area contributed by atoms with Crippen LogP contribution in [0.15, 0.2) is 54.6 Å². The van der Waals surface area contributed by atoms with E-state index in [4.69, 9.17) is 9.47 Å². The van der Waals surface area contributed by atoms with Crippen molar-refractivity contribution in [1.82, 2.24) is 0 Å². The number of carbonyl (C=O) groups excluding carboxylic acids is 2. The fraction of sp³-hybridized carbons (Fsp3) is 0.273. The van der Waals surface area contributed by atoms with E-state index in [0.29, 0.717) is 11.3 Å². The van der Waals surface area contributed by atoms with Gasteiger partial charge in [0.1, 0.15) is 5.75 Å². The largest absolute Gasteiger partial charge is 0.497 e. The average molecular weight is 352 g/mol. The molecule has 0 aromatic heterocycles. The molecule has 0 fully saturated rings. The zero-order valence-corrected chi connectivity index (χ0v) is 15.6. The number of ketones is 1. The van der Waals surface area contributed by atoms with Crippen LogP contribution < -0.4 is 4.74 Å². The van der Waals surface area contributed by atoms with Gasteiger partial charge in [0.2, 0.25) is 0 Å². The lowest BCUT2D eigenvalue weighted by molar-refractivity contribution is -0.144. The van der Waals surface area contributed by atoms with E-state index < -0.39 is 11.4 Å². The highest BCUT2D eigenvalue weighted by Crippen LogP contribution is 2.23. The summed E-state index contributed by atoms with van der Waals surface area (Å²) in [4.78, 5) is 24.7. The first kappa shape index (κ1) is 19.4. The van der Waals surface area contributed by atoms with Gasteiger partial charge >= 0.3 is 5.97 Å². The molecule has 2 aromatic rings. The Morgan fingerprint density at radius 2 is 1.69 bits per heavy atom. The lowest BCUT2D eigenvalue weighted by atomic mass is 9.91. The van der Waals surface area contributed by atoms with Gasteiger partial charge in [-0.15, -0.1) is 0 Å². The maximum Gasteiger partial charge on any atom is 0.339 e. The normalized spacial score (nSPS) is 11.8. The number of esters is 1. The summed E-state index contributed by atoms with van der Waals surface area (Å²) >= 11 is 0. The van der Waals surface area contributed by atoms with Crippen LogP contribution in [-0.2, 0) is 14.3 Å². The molecule has 136 valence electrons. The van der Waals surface area contributed by atoms with E-state index in [2.05, 4.69) is 0 Å². The minimum absolute atomic E-state index is 0.125. The van der Waals surface area contributed by atoms with Crippen molar-refractivity contribution in [3.63, 3.8) is 0 Å². The third-order valence-electron chi connectivity index (χ3n) is 3.88. The maximum absolute atomic E-state index is 12.7. The molecular formula is C22H24O4. The molecule has 4 nitrogen and oxygen atoms in total. The molecule has 2 aromatic carbocycles. The number of Topliss-reactive ketones (excluding diaryl/α,β-unsaturated/α-hetero) is 1. The molecule has 0 aliphatic carbocycles. The lowest BCUT2D eigenvalue weighted by Crippen LogP contribution is -2.26. The van der Waals surface area contributed by atoms with Crippen LogP contribution in [0.25, 0.3) is 11.6 Å². The van der Waals surface area contributed by atoms with Crippen LogP contribution in [-0.4, -0.2) is 25.5 Å². The van der Waals surface area contributed by atoms with Crippen LogP contribution >= 0.6 is 0 Å². The van der Waals surface area contributed by atoms with Crippen LogP contribution in [0.1, 0.15) is 31.9 Å². The molecule has 0 amide bonds. The molecule has 0 spiro atoms. The minimum Gasteiger partial charge on any atom is -0.497 e. The summed E-state index contributed by atoms with van der Waals surface area (Å²) in [7, 11) is 1.59. The van der Waals surface area contributed by atoms with Gasteiger partial charge in [0.25, 0.3) is 0 Å². The van der Waals surface area contributed by atoms with Gasteiger partial charge < -0.3 is 9.47 Å². The summed E-state index contributed by atoms with van der Waals surface area (Å²) in [5, 5.41) is 0. The van der Waals surface area contributed by atoms with Crippen molar-refractivity contribution >= 4 is 23.4 Å². The highest BCUT2D eigenvalue weighted by Gasteiger charge is 2.23. The Hall–Kier alpha value is -2.88. The monoisotopic (exact) mass is 352 g/mol. The summed E-state index contributed by atoms with van der Waals surface area (Å²) in [5.74, 6) is 0.0405. The van der Waals surface area contributed by atoms with E-state index in [1.807, 2.05) is 54.6 Å². The molecule has 2 rings (SSSR count). The molecule has 0 bridgehead atoms. The second-order valence-corrected chi connectivity index (χ2v) is 6.95. The fourth-order valence-electron chi connectivity index (χ4n) is 2.20. The fourth-order valence-corrected chi connectivity index (χ4v) is 2.20. The van der Waals surface area contributed by atoms with Gasteiger partial charge in [-0.05, 0) is 29.3 Å². The second-order valence-electron chi connectivity index (χ2n) is 6.95. The van der Waals surface area contributed by atoms with Crippen LogP contribution in [0.2, 0.25) is 0 Å².